The number of carbonyl (C=O) groups excluding carboxylic acids is 1. The highest BCUT2D eigenvalue weighted by atomic mass is 16.5. The van der Waals surface area contributed by atoms with Crippen LogP contribution in [-0.4, -0.2) is 20.1 Å². The highest BCUT2D eigenvalue weighted by molar-refractivity contribution is 6.09. The van der Waals surface area contributed by atoms with E-state index < -0.39 is 5.91 Å². The van der Waals surface area contributed by atoms with Gasteiger partial charge in [-0.15, -0.1) is 0 Å². The van der Waals surface area contributed by atoms with Crippen LogP contribution in [0.3, 0.4) is 0 Å². The van der Waals surface area contributed by atoms with Crippen molar-refractivity contribution < 1.29 is 14.3 Å². The number of aryl methyl sites for hydroxylation is 1. The van der Waals surface area contributed by atoms with Crippen LogP contribution < -0.4 is 14.8 Å². The maximum absolute atomic E-state index is 12.5. The van der Waals surface area contributed by atoms with Crippen LogP contribution in [0.4, 0.5) is 5.69 Å². The number of benzene rings is 2. The first kappa shape index (κ1) is 20.1. The van der Waals surface area contributed by atoms with E-state index in [1.807, 2.05) is 25.1 Å². The van der Waals surface area contributed by atoms with Gasteiger partial charge < -0.3 is 14.8 Å². The molecule has 0 aliphatic carbocycles. The zero-order valence-electron chi connectivity index (χ0n) is 16.3. The lowest BCUT2D eigenvalue weighted by Crippen LogP contribution is -2.13. The third-order valence-electron chi connectivity index (χ3n) is 4.25. The molecular weight excluding hydrogens is 340 g/mol. The molecule has 1 N–H and O–H groups in total. The summed E-state index contributed by atoms with van der Waals surface area (Å²) in [6.07, 6.45) is 1.61. The molecule has 2 aromatic rings. The Labute approximate surface area is 160 Å². The first-order valence-electron chi connectivity index (χ1n) is 8.65. The lowest BCUT2D eigenvalue weighted by molar-refractivity contribution is -0.112. The molecule has 0 aliphatic heterocycles. The van der Waals surface area contributed by atoms with Crippen molar-refractivity contribution in [3.63, 3.8) is 0 Å². The van der Waals surface area contributed by atoms with Gasteiger partial charge >= 0.3 is 0 Å². The molecule has 2 aromatic carbocycles. The Morgan fingerprint density at radius 2 is 1.81 bits per heavy atom. The minimum atomic E-state index is -0.455. The summed E-state index contributed by atoms with van der Waals surface area (Å²) in [5.41, 5.74) is 3.41. The smallest absolute Gasteiger partial charge is 0.266 e. The molecule has 0 unspecified atom stereocenters. The number of amides is 1. The first-order valence-corrected chi connectivity index (χ1v) is 8.65. The molecule has 0 radical (unpaired) electrons. The van der Waals surface area contributed by atoms with Crippen LogP contribution in [0.15, 0.2) is 42.0 Å². The minimum Gasteiger partial charge on any atom is -0.497 e. The standard InChI is InChI=1S/C22H24N2O3/c1-14(2)20-12-16(15(3)10-21(20)27-5)11-17(13-23)22(25)24-18-6-8-19(26-4)9-7-18/h6-12,14H,1-5H3,(H,24,25)/b17-11-. The van der Waals surface area contributed by atoms with Crippen molar-refractivity contribution in [1.82, 2.24) is 0 Å². The highest BCUT2D eigenvalue weighted by Crippen LogP contribution is 2.30. The van der Waals surface area contributed by atoms with Crippen molar-refractivity contribution in [2.45, 2.75) is 26.7 Å². The zero-order chi connectivity index (χ0) is 20.0. The molecule has 0 bridgehead atoms. The summed E-state index contributed by atoms with van der Waals surface area (Å²) in [5.74, 6) is 1.30. The van der Waals surface area contributed by atoms with Crippen LogP contribution in [0, 0.1) is 18.3 Å². The number of carbonyl (C=O) groups is 1. The topological polar surface area (TPSA) is 71.3 Å². The third kappa shape index (κ3) is 4.89. The van der Waals surface area contributed by atoms with Gasteiger partial charge in [0.05, 0.1) is 14.2 Å². The molecule has 5 heteroatoms. The molecule has 5 nitrogen and oxygen atoms in total. The van der Waals surface area contributed by atoms with Gasteiger partial charge in [0.15, 0.2) is 0 Å². The summed E-state index contributed by atoms with van der Waals surface area (Å²) < 4.78 is 10.5. The summed E-state index contributed by atoms with van der Waals surface area (Å²) in [6.45, 7) is 6.07. The van der Waals surface area contributed by atoms with Crippen molar-refractivity contribution in [3.05, 3.63) is 58.7 Å². The molecule has 0 heterocycles. The van der Waals surface area contributed by atoms with Gasteiger partial charge in [0.25, 0.3) is 5.91 Å². The number of nitrogens with one attached hydrogen (secondary N) is 1. The van der Waals surface area contributed by atoms with Crippen LogP contribution in [0.1, 0.15) is 36.5 Å². The number of hydrogen-bond acceptors (Lipinski definition) is 4. The Balaban J connectivity index is 2.32. The quantitative estimate of drug-likeness (QED) is 0.597. The van der Waals surface area contributed by atoms with Crippen molar-refractivity contribution >= 4 is 17.7 Å². The Morgan fingerprint density at radius 3 is 2.33 bits per heavy atom. The summed E-state index contributed by atoms with van der Waals surface area (Å²) in [6, 6.07) is 12.8. The Bertz CT molecular complexity index is 891. The van der Waals surface area contributed by atoms with Gasteiger partial charge in [-0.2, -0.15) is 5.26 Å². The molecule has 0 saturated carbocycles. The van der Waals surface area contributed by atoms with Gasteiger partial charge in [-0.3, -0.25) is 4.79 Å². The second kappa shape index (κ2) is 8.91. The van der Waals surface area contributed by atoms with E-state index in [-0.39, 0.29) is 11.5 Å². The van der Waals surface area contributed by atoms with Crippen molar-refractivity contribution in [1.29, 1.82) is 5.26 Å². The largest absolute Gasteiger partial charge is 0.497 e. The molecule has 140 valence electrons. The lowest BCUT2D eigenvalue weighted by Gasteiger charge is -2.15. The Kier molecular flexibility index (Phi) is 6.62. The predicted octanol–water partition coefficient (Wildman–Crippen LogP) is 4.68. The molecule has 0 aromatic heterocycles. The van der Waals surface area contributed by atoms with Gasteiger partial charge in [0.1, 0.15) is 23.1 Å². The molecule has 27 heavy (non-hydrogen) atoms. The zero-order valence-corrected chi connectivity index (χ0v) is 16.3. The molecule has 0 spiro atoms. The summed E-state index contributed by atoms with van der Waals surface area (Å²) in [5, 5.41) is 12.2. The number of rotatable bonds is 6. The Hall–Kier alpha value is -3.26. The van der Waals surface area contributed by atoms with Crippen LogP contribution in [0.2, 0.25) is 0 Å². The van der Waals surface area contributed by atoms with E-state index in [4.69, 9.17) is 9.47 Å². The maximum atomic E-state index is 12.5. The van der Waals surface area contributed by atoms with Gasteiger partial charge in [-0.25, -0.2) is 0 Å². The van der Waals surface area contributed by atoms with Crippen LogP contribution in [-0.2, 0) is 4.79 Å². The average molecular weight is 364 g/mol. The van der Waals surface area contributed by atoms with E-state index in [2.05, 4.69) is 19.2 Å². The van der Waals surface area contributed by atoms with Crippen LogP contribution in [0.25, 0.3) is 6.08 Å². The van der Waals surface area contributed by atoms with Gasteiger partial charge in [-0.05, 0) is 72.0 Å². The molecule has 2 rings (SSSR count). The van der Waals surface area contributed by atoms with Crippen LogP contribution in [0.5, 0.6) is 11.5 Å². The number of anilines is 1. The number of hydrogen-bond donors (Lipinski definition) is 1. The number of ether oxygens (including phenoxy) is 2. The number of methoxy groups -OCH3 is 2. The van der Waals surface area contributed by atoms with E-state index in [1.165, 1.54) is 0 Å². The second-order valence-corrected chi connectivity index (χ2v) is 6.46. The maximum Gasteiger partial charge on any atom is 0.266 e. The van der Waals surface area contributed by atoms with Crippen LogP contribution >= 0.6 is 0 Å². The van der Waals surface area contributed by atoms with Crippen molar-refractivity contribution in [2.75, 3.05) is 19.5 Å². The molecule has 0 aliphatic rings. The molecule has 0 fully saturated rings. The second-order valence-electron chi connectivity index (χ2n) is 6.46. The van der Waals surface area contributed by atoms with E-state index >= 15 is 0 Å². The summed E-state index contributed by atoms with van der Waals surface area (Å²) in [7, 11) is 3.21. The molecule has 1 amide bonds. The van der Waals surface area contributed by atoms with E-state index in [9.17, 15) is 10.1 Å². The fourth-order valence-electron chi connectivity index (χ4n) is 2.68. The van der Waals surface area contributed by atoms with E-state index in [1.54, 1.807) is 44.6 Å². The number of nitrogens with zero attached hydrogens (tertiary/aromatic N) is 1. The molecular formula is C22H24N2O3. The SMILES string of the molecule is COc1ccc(NC(=O)/C(C#N)=C\c2cc(C(C)C)c(OC)cc2C)cc1. The van der Waals surface area contributed by atoms with E-state index in [0.29, 0.717) is 11.4 Å². The van der Waals surface area contributed by atoms with E-state index in [0.717, 1.165) is 22.4 Å². The van der Waals surface area contributed by atoms with Crippen molar-refractivity contribution in [3.8, 4) is 17.6 Å². The monoisotopic (exact) mass is 364 g/mol. The van der Waals surface area contributed by atoms with Crippen molar-refractivity contribution in [2.24, 2.45) is 0 Å². The third-order valence-corrected chi connectivity index (χ3v) is 4.25. The highest BCUT2D eigenvalue weighted by Gasteiger charge is 2.14. The number of nitriles is 1. The first-order chi connectivity index (χ1) is 12.9. The van der Waals surface area contributed by atoms with Gasteiger partial charge in [0, 0.05) is 5.69 Å². The Morgan fingerprint density at radius 1 is 1.15 bits per heavy atom. The van der Waals surface area contributed by atoms with Gasteiger partial charge in [0.2, 0.25) is 0 Å². The normalized spacial score (nSPS) is 11.1. The fraction of sp³-hybridized carbons (Fsp3) is 0.273. The average Bonchev–Trinajstić information content (AvgIpc) is 2.66. The fourth-order valence-corrected chi connectivity index (χ4v) is 2.68. The van der Waals surface area contributed by atoms with Gasteiger partial charge in [-0.1, -0.05) is 13.8 Å². The summed E-state index contributed by atoms with van der Waals surface area (Å²) >= 11 is 0. The summed E-state index contributed by atoms with van der Waals surface area (Å²) in [4.78, 5) is 12.5. The predicted molar refractivity (Wildman–Crippen MR) is 107 cm³/mol. The lowest BCUT2D eigenvalue weighted by atomic mass is 9.95. The molecule has 0 saturated heterocycles. The molecule has 0 atom stereocenters. The minimum absolute atomic E-state index is 0.0359.